The highest BCUT2D eigenvalue weighted by Gasteiger charge is 2.33. The molecule has 0 amide bonds. The van der Waals surface area contributed by atoms with Crippen LogP contribution in [0.2, 0.25) is 0 Å². The number of hydrogen-bond acceptors (Lipinski definition) is 7. The highest BCUT2D eigenvalue weighted by molar-refractivity contribution is 6.15. The molecule has 7 nitrogen and oxygen atoms in total. The van der Waals surface area contributed by atoms with Crippen LogP contribution in [0, 0.1) is 0 Å². The number of Topliss-reactive ketones (excluding diaryl/α,β-unsaturated/α-hetero) is 1. The maximum Gasteiger partial charge on any atom is 0.203 e. The summed E-state index contributed by atoms with van der Waals surface area (Å²) in [6, 6.07) is 15.3. The van der Waals surface area contributed by atoms with Crippen LogP contribution in [0.4, 0.5) is 0 Å². The Morgan fingerprint density at radius 3 is 2.09 bits per heavy atom. The maximum absolute atomic E-state index is 13.5. The fraction of sp³-hybridized carbons (Fsp3) is 0.192. The zero-order chi connectivity index (χ0) is 23.5. The molecule has 0 spiro atoms. The summed E-state index contributed by atoms with van der Waals surface area (Å²) >= 11 is 0. The second-order valence-corrected chi connectivity index (χ2v) is 7.34. The van der Waals surface area contributed by atoms with E-state index in [1.54, 1.807) is 31.4 Å². The third-order valence-corrected chi connectivity index (χ3v) is 5.43. The summed E-state index contributed by atoms with van der Waals surface area (Å²) in [7, 11) is 6.18. The molecule has 1 aliphatic rings. The lowest BCUT2D eigenvalue weighted by Gasteiger charge is -2.28. The molecule has 1 atom stereocenters. The van der Waals surface area contributed by atoms with Gasteiger partial charge in [0, 0.05) is 5.57 Å². The number of ketones is 1. The van der Waals surface area contributed by atoms with Gasteiger partial charge in [0.15, 0.2) is 23.4 Å². The van der Waals surface area contributed by atoms with E-state index in [0.29, 0.717) is 45.4 Å². The standard InChI is InChI=1S/C26H24O7/c1-29-18-8-5-16(6-9-18)25-20(24(28)19-14-17(27)7-10-21(19)33-25)11-15-12-22(30-2)26(32-4)23(13-15)31-3/h5-14,25,27H,1-4H3/b20-11-. The Kier molecular flexibility index (Phi) is 6.13. The molecule has 1 unspecified atom stereocenters. The molecule has 7 heteroatoms. The van der Waals surface area contributed by atoms with Gasteiger partial charge in [-0.15, -0.1) is 0 Å². The molecule has 4 rings (SSSR count). The summed E-state index contributed by atoms with van der Waals surface area (Å²) in [4.78, 5) is 13.5. The normalized spacial score (nSPS) is 16.1. The number of phenolic OH excluding ortho intramolecular Hbond substituents is 1. The lowest BCUT2D eigenvalue weighted by atomic mass is 9.89. The molecule has 1 heterocycles. The monoisotopic (exact) mass is 448 g/mol. The van der Waals surface area contributed by atoms with E-state index >= 15 is 0 Å². The van der Waals surface area contributed by atoms with Crippen LogP contribution in [0.25, 0.3) is 6.08 Å². The second kappa shape index (κ2) is 9.16. The van der Waals surface area contributed by atoms with E-state index in [2.05, 4.69) is 0 Å². The fourth-order valence-electron chi connectivity index (χ4n) is 3.79. The van der Waals surface area contributed by atoms with Crippen LogP contribution in [0.1, 0.15) is 27.6 Å². The van der Waals surface area contributed by atoms with E-state index in [-0.39, 0.29) is 11.5 Å². The Balaban J connectivity index is 1.88. The third-order valence-electron chi connectivity index (χ3n) is 5.43. The zero-order valence-electron chi connectivity index (χ0n) is 18.7. The topological polar surface area (TPSA) is 83.5 Å². The summed E-state index contributed by atoms with van der Waals surface area (Å²) in [5.74, 6) is 2.22. The van der Waals surface area contributed by atoms with Gasteiger partial charge < -0.3 is 28.8 Å². The predicted octanol–water partition coefficient (Wildman–Crippen LogP) is 4.83. The number of rotatable bonds is 6. The highest BCUT2D eigenvalue weighted by Crippen LogP contribution is 2.43. The average molecular weight is 448 g/mol. The van der Waals surface area contributed by atoms with Crippen molar-refractivity contribution >= 4 is 11.9 Å². The molecular formula is C26H24O7. The molecular weight excluding hydrogens is 424 g/mol. The minimum Gasteiger partial charge on any atom is -0.508 e. The van der Waals surface area contributed by atoms with Crippen molar-refractivity contribution in [3.63, 3.8) is 0 Å². The van der Waals surface area contributed by atoms with E-state index < -0.39 is 6.10 Å². The van der Waals surface area contributed by atoms with Crippen molar-refractivity contribution in [1.82, 2.24) is 0 Å². The number of phenols is 1. The van der Waals surface area contributed by atoms with Crippen LogP contribution < -0.4 is 23.7 Å². The Hall–Kier alpha value is -4.13. The van der Waals surface area contributed by atoms with Crippen molar-refractivity contribution in [1.29, 1.82) is 0 Å². The van der Waals surface area contributed by atoms with Crippen LogP contribution in [0.5, 0.6) is 34.5 Å². The number of hydrogen-bond donors (Lipinski definition) is 1. The van der Waals surface area contributed by atoms with Crippen molar-refractivity contribution < 1.29 is 33.6 Å². The number of ether oxygens (including phenoxy) is 5. The Bertz CT molecular complexity index is 1190. The number of carbonyl (C=O) groups excluding carboxylic acids is 1. The van der Waals surface area contributed by atoms with Crippen LogP contribution in [0.15, 0.2) is 60.2 Å². The summed E-state index contributed by atoms with van der Waals surface area (Å²) in [6.45, 7) is 0. The van der Waals surface area contributed by atoms with Crippen molar-refractivity contribution in [2.24, 2.45) is 0 Å². The number of carbonyl (C=O) groups is 1. The quantitative estimate of drug-likeness (QED) is 0.541. The second-order valence-electron chi connectivity index (χ2n) is 7.34. The van der Waals surface area contributed by atoms with Gasteiger partial charge >= 0.3 is 0 Å². The van der Waals surface area contributed by atoms with E-state index in [1.807, 2.05) is 24.3 Å². The molecule has 33 heavy (non-hydrogen) atoms. The van der Waals surface area contributed by atoms with E-state index in [9.17, 15) is 9.90 Å². The first-order chi connectivity index (χ1) is 16.0. The Morgan fingerprint density at radius 1 is 0.848 bits per heavy atom. The molecule has 1 N–H and O–H groups in total. The van der Waals surface area contributed by atoms with Gasteiger partial charge in [0.2, 0.25) is 5.75 Å². The molecule has 1 aliphatic heterocycles. The lowest BCUT2D eigenvalue weighted by Crippen LogP contribution is -2.23. The minimum atomic E-state index is -0.667. The van der Waals surface area contributed by atoms with Crippen molar-refractivity contribution in [2.45, 2.75) is 6.10 Å². The molecule has 0 bridgehead atoms. The molecule has 0 saturated carbocycles. The summed E-state index contributed by atoms with van der Waals surface area (Å²) in [6.07, 6.45) is 1.06. The van der Waals surface area contributed by atoms with Crippen LogP contribution in [-0.4, -0.2) is 39.3 Å². The highest BCUT2D eigenvalue weighted by atomic mass is 16.5. The van der Waals surface area contributed by atoms with Gasteiger partial charge in [-0.2, -0.15) is 0 Å². The van der Waals surface area contributed by atoms with E-state index in [0.717, 1.165) is 5.56 Å². The van der Waals surface area contributed by atoms with Crippen LogP contribution in [-0.2, 0) is 0 Å². The van der Waals surface area contributed by atoms with Gasteiger partial charge in [0.05, 0.1) is 34.0 Å². The summed E-state index contributed by atoms with van der Waals surface area (Å²) in [5, 5.41) is 9.93. The van der Waals surface area contributed by atoms with Crippen LogP contribution in [0.3, 0.4) is 0 Å². The van der Waals surface area contributed by atoms with Gasteiger partial charge in [0.1, 0.15) is 17.2 Å². The average Bonchev–Trinajstić information content (AvgIpc) is 2.85. The SMILES string of the molecule is COc1ccc(C2Oc3ccc(O)cc3C(=O)/C2=C/c2cc(OC)c(OC)c(OC)c2)cc1. The Labute approximate surface area is 191 Å². The molecule has 3 aromatic rings. The number of fused-ring (bicyclic) bond motifs is 1. The molecule has 0 aromatic heterocycles. The van der Waals surface area contributed by atoms with Crippen molar-refractivity contribution in [3.05, 3.63) is 76.9 Å². The van der Waals surface area contributed by atoms with Crippen molar-refractivity contribution in [2.75, 3.05) is 28.4 Å². The third kappa shape index (κ3) is 4.17. The smallest absolute Gasteiger partial charge is 0.203 e. The molecule has 3 aromatic carbocycles. The van der Waals surface area contributed by atoms with E-state index in [4.69, 9.17) is 23.7 Å². The predicted molar refractivity (Wildman–Crippen MR) is 123 cm³/mol. The minimum absolute atomic E-state index is 0.0132. The summed E-state index contributed by atoms with van der Waals surface area (Å²) < 4.78 is 27.8. The number of methoxy groups -OCH3 is 4. The number of benzene rings is 3. The molecule has 0 aliphatic carbocycles. The van der Waals surface area contributed by atoms with Gasteiger partial charge in [-0.1, -0.05) is 12.1 Å². The molecule has 0 saturated heterocycles. The number of aromatic hydroxyl groups is 1. The van der Waals surface area contributed by atoms with Gasteiger partial charge in [-0.3, -0.25) is 4.79 Å². The van der Waals surface area contributed by atoms with Gasteiger partial charge in [0.25, 0.3) is 0 Å². The first-order valence-corrected chi connectivity index (χ1v) is 10.2. The zero-order valence-corrected chi connectivity index (χ0v) is 18.7. The van der Waals surface area contributed by atoms with Crippen molar-refractivity contribution in [3.8, 4) is 34.5 Å². The van der Waals surface area contributed by atoms with E-state index in [1.165, 1.54) is 33.5 Å². The molecule has 0 radical (unpaired) electrons. The summed E-state index contributed by atoms with van der Waals surface area (Å²) in [5.41, 5.74) is 2.13. The van der Waals surface area contributed by atoms with Gasteiger partial charge in [-0.25, -0.2) is 0 Å². The fourth-order valence-corrected chi connectivity index (χ4v) is 3.79. The molecule has 170 valence electrons. The largest absolute Gasteiger partial charge is 0.508 e. The van der Waals surface area contributed by atoms with Gasteiger partial charge in [-0.05, 0) is 59.7 Å². The Morgan fingerprint density at radius 2 is 1.52 bits per heavy atom. The lowest BCUT2D eigenvalue weighted by molar-refractivity contribution is 0.0963. The molecule has 0 fully saturated rings. The first kappa shape index (κ1) is 22.1. The maximum atomic E-state index is 13.5. The first-order valence-electron chi connectivity index (χ1n) is 10.2. The van der Waals surface area contributed by atoms with Crippen LogP contribution >= 0.6 is 0 Å².